The maximum Gasteiger partial charge on any atom is 0.263 e. The van der Waals surface area contributed by atoms with Gasteiger partial charge >= 0.3 is 0 Å². The smallest absolute Gasteiger partial charge is 0.263 e. The molecule has 6 heteroatoms. The molecule has 2 aliphatic heterocycles. The largest absolute Gasteiger partial charge is 0.375 e. The third-order valence-corrected chi connectivity index (χ3v) is 4.93. The van der Waals surface area contributed by atoms with Gasteiger partial charge in [-0.2, -0.15) is 0 Å². The molecule has 0 bridgehead atoms. The van der Waals surface area contributed by atoms with E-state index in [1.165, 1.54) is 30.7 Å². The van der Waals surface area contributed by atoms with Crippen molar-refractivity contribution in [2.24, 2.45) is 0 Å². The van der Waals surface area contributed by atoms with Gasteiger partial charge in [-0.3, -0.25) is 9.69 Å². The van der Waals surface area contributed by atoms with E-state index in [-0.39, 0.29) is 5.91 Å². The Morgan fingerprint density at radius 2 is 2.33 bits per heavy atom. The molecule has 2 saturated heterocycles. The summed E-state index contributed by atoms with van der Waals surface area (Å²) in [5.74, 6) is -0.0135. The molecule has 3 heterocycles. The first kappa shape index (κ1) is 11.9. The lowest BCUT2D eigenvalue weighted by molar-refractivity contribution is 0.0933. The Balaban J connectivity index is 1.69. The van der Waals surface area contributed by atoms with Crippen LogP contribution in [0, 0.1) is 6.92 Å². The third-order valence-electron chi connectivity index (χ3n) is 3.94. The SMILES string of the molecule is Cc1nc(N)sc1C(=O)NC1CCN2CCCC12. The van der Waals surface area contributed by atoms with Gasteiger partial charge in [-0.25, -0.2) is 4.98 Å². The molecular formula is C12H18N4OS. The molecule has 0 aliphatic carbocycles. The van der Waals surface area contributed by atoms with Crippen molar-refractivity contribution >= 4 is 22.4 Å². The van der Waals surface area contributed by atoms with Crippen LogP contribution in [-0.2, 0) is 0 Å². The summed E-state index contributed by atoms with van der Waals surface area (Å²) >= 11 is 1.27. The number of thiazole rings is 1. The number of hydrogen-bond acceptors (Lipinski definition) is 5. The Morgan fingerprint density at radius 3 is 3.06 bits per heavy atom. The van der Waals surface area contributed by atoms with Crippen LogP contribution in [0.4, 0.5) is 5.13 Å². The minimum absolute atomic E-state index is 0.0135. The van der Waals surface area contributed by atoms with E-state index in [1.54, 1.807) is 0 Å². The summed E-state index contributed by atoms with van der Waals surface area (Å²) in [6, 6.07) is 0.835. The first-order chi connectivity index (χ1) is 8.65. The Hall–Kier alpha value is -1.14. The van der Waals surface area contributed by atoms with E-state index in [4.69, 9.17) is 5.73 Å². The average Bonchev–Trinajstić information content (AvgIpc) is 2.96. The second-order valence-electron chi connectivity index (χ2n) is 5.08. The molecular weight excluding hydrogens is 248 g/mol. The van der Waals surface area contributed by atoms with Gasteiger partial charge < -0.3 is 11.1 Å². The predicted octanol–water partition coefficient (Wildman–Crippen LogP) is 1.00. The summed E-state index contributed by atoms with van der Waals surface area (Å²) in [5, 5.41) is 3.62. The number of aromatic nitrogens is 1. The van der Waals surface area contributed by atoms with Crippen LogP contribution in [0.15, 0.2) is 0 Å². The molecule has 2 aliphatic rings. The van der Waals surface area contributed by atoms with E-state index < -0.39 is 0 Å². The molecule has 3 N–H and O–H groups in total. The molecule has 98 valence electrons. The molecule has 2 unspecified atom stereocenters. The second-order valence-corrected chi connectivity index (χ2v) is 6.11. The van der Waals surface area contributed by atoms with Gasteiger partial charge in [-0.15, -0.1) is 0 Å². The minimum Gasteiger partial charge on any atom is -0.375 e. The zero-order valence-corrected chi connectivity index (χ0v) is 11.3. The van der Waals surface area contributed by atoms with Crippen LogP contribution in [0.25, 0.3) is 0 Å². The van der Waals surface area contributed by atoms with Crippen LogP contribution in [0.2, 0.25) is 0 Å². The monoisotopic (exact) mass is 266 g/mol. The number of rotatable bonds is 2. The summed E-state index contributed by atoms with van der Waals surface area (Å²) in [4.78, 5) is 19.4. The van der Waals surface area contributed by atoms with E-state index in [9.17, 15) is 4.79 Å². The molecule has 0 radical (unpaired) electrons. The van der Waals surface area contributed by atoms with Gasteiger partial charge in [0.2, 0.25) is 0 Å². The number of anilines is 1. The summed E-state index contributed by atoms with van der Waals surface area (Å²) in [5.41, 5.74) is 6.36. The average molecular weight is 266 g/mol. The van der Waals surface area contributed by atoms with Crippen molar-refractivity contribution in [2.45, 2.75) is 38.3 Å². The summed E-state index contributed by atoms with van der Waals surface area (Å²) < 4.78 is 0. The number of nitrogens with one attached hydrogen (secondary N) is 1. The minimum atomic E-state index is -0.0135. The van der Waals surface area contributed by atoms with Crippen molar-refractivity contribution < 1.29 is 4.79 Å². The van der Waals surface area contributed by atoms with Gasteiger partial charge in [0, 0.05) is 18.6 Å². The number of aryl methyl sites for hydroxylation is 1. The number of hydrogen-bond donors (Lipinski definition) is 2. The highest BCUT2D eigenvalue weighted by atomic mass is 32.1. The lowest BCUT2D eigenvalue weighted by Crippen LogP contribution is -2.42. The summed E-state index contributed by atoms with van der Waals surface area (Å²) in [7, 11) is 0. The Bertz CT molecular complexity index is 473. The standard InChI is InChI=1S/C12H18N4OS/c1-7-10(18-12(13)14-7)11(17)15-8-4-6-16-5-2-3-9(8)16/h8-9H,2-6H2,1H3,(H2,13,14)(H,15,17). The maximum absolute atomic E-state index is 12.2. The van der Waals surface area contributed by atoms with Crippen LogP contribution in [0.5, 0.6) is 0 Å². The highest BCUT2D eigenvalue weighted by Gasteiger charge is 2.38. The van der Waals surface area contributed by atoms with E-state index in [0.717, 1.165) is 18.7 Å². The number of fused-ring (bicyclic) bond motifs is 1. The zero-order valence-electron chi connectivity index (χ0n) is 10.5. The molecule has 18 heavy (non-hydrogen) atoms. The van der Waals surface area contributed by atoms with Gasteiger partial charge in [-0.05, 0) is 32.7 Å². The Labute approximate surface area is 110 Å². The predicted molar refractivity (Wildman–Crippen MR) is 71.7 cm³/mol. The topological polar surface area (TPSA) is 71.2 Å². The van der Waals surface area contributed by atoms with Crippen LogP contribution >= 0.6 is 11.3 Å². The van der Waals surface area contributed by atoms with Gasteiger partial charge in [0.15, 0.2) is 5.13 Å². The van der Waals surface area contributed by atoms with Crippen molar-refractivity contribution in [1.82, 2.24) is 15.2 Å². The number of nitrogen functional groups attached to an aromatic ring is 1. The van der Waals surface area contributed by atoms with E-state index in [2.05, 4.69) is 15.2 Å². The van der Waals surface area contributed by atoms with Gasteiger partial charge in [-0.1, -0.05) is 11.3 Å². The fourth-order valence-corrected chi connectivity index (χ4v) is 3.85. The second kappa shape index (κ2) is 4.51. The van der Waals surface area contributed by atoms with Gasteiger partial charge in [0.1, 0.15) is 4.88 Å². The van der Waals surface area contributed by atoms with E-state index in [1.807, 2.05) is 6.92 Å². The normalized spacial score (nSPS) is 27.4. The molecule has 1 aromatic rings. The fraction of sp³-hybridized carbons (Fsp3) is 0.667. The highest BCUT2D eigenvalue weighted by Crippen LogP contribution is 2.28. The van der Waals surface area contributed by atoms with Crippen molar-refractivity contribution in [1.29, 1.82) is 0 Å². The van der Waals surface area contributed by atoms with Crippen LogP contribution in [0.1, 0.15) is 34.6 Å². The molecule has 0 spiro atoms. The highest BCUT2D eigenvalue weighted by molar-refractivity contribution is 7.17. The molecule has 0 aromatic carbocycles. The van der Waals surface area contributed by atoms with Gasteiger partial charge in [0.05, 0.1) is 5.69 Å². The quantitative estimate of drug-likeness (QED) is 0.838. The zero-order chi connectivity index (χ0) is 12.7. The maximum atomic E-state index is 12.2. The Morgan fingerprint density at radius 1 is 1.50 bits per heavy atom. The number of nitrogens with two attached hydrogens (primary N) is 1. The molecule has 2 fully saturated rings. The van der Waals surface area contributed by atoms with Crippen LogP contribution in [-0.4, -0.2) is 41.0 Å². The number of amides is 1. The van der Waals surface area contributed by atoms with E-state index in [0.29, 0.717) is 22.1 Å². The molecule has 3 rings (SSSR count). The molecule has 2 atom stereocenters. The lowest BCUT2D eigenvalue weighted by atomic mass is 10.1. The van der Waals surface area contributed by atoms with Crippen LogP contribution < -0.4 is 11.1 Å². The number of nitrogens with zero attached hydrogens (tertiary/aromatic N) is 2. The number of carbonyl (C=O) groups excluding carboxylic acids is 1. The van der Waals surface area contributed by atoms with Crippen molar-refractivity contribution in [2.75, 3.05) is 18.8 Å². The third kappa shape index (κ3) is 1.99. The van der Waals surface area contributed by atoms with Crippen LogP contribution in [0.3, 0.4) is 0 Å². The van der Waals surface area contributed by atoms with Crippen molar-refractivity contribution in [3.8, 4) is 0 Å². The van der Waals surface area contributed by atoms with Crippen molar-refractivity contribution in [3.63, 3.8) is 0 Å². The first-order valence-electron chi connectivity index (χ1n) is 6.43. The Kier molecular flexibility index (Phi) is 2.99. The van der Waals surface area contributed by atoms with E-state index >= 15 is 0 Å². The first-order valence-corrected chi connectivity index (χ1v) is 7.24. The fourth-order valence-electron chi connectivity index (χ4n) is 3.11. The molecule has 1 aromatic heterocycles. The number of carbonyl (C=O) groups is 1. The summed E-state index contributed by atoms with van der Waals surface area (Å²) in [6.45, 7) is 4.13. The molecule has 1 amide bonds. The van der Waals surface area contributed by atoms with Gasteiger partial charge in [0.25, 0.3) is 5.91 Å². The lowest BCUT2D eigenvalue weighted by Gasteiger charge is -2.20. The molecule has 0 saturated carbocycles. The molecule has 5 nitrogen and oxygen atoms in total. The summed E-state index contributed by atoms with van der Waals surface area (Å²) in [6.07, 6.45) is 3.52. The van der Waals surface area contributed by atoms with Crippen molar-refractivity contribution in [3.05, 3.63) is 10.6 Å².